The molecule has 2 heterocycles. The normalized spacial score (nSPS) is 14.6. The summed E-state index contributed by atoms with van der Waals surface area (Å²) in [7, 11) is 0. The van der Waals surface area contributed by atoms with Gasteiger partial charge in [0.15, 0.2) is 0 Å². The van der Waals surface area contributed by atoms with Crippen LogP contribution in [-0.4, -0.2) is 53.8 Å². The van der Waals surface area contributed by atoms with Crippen LogP contribution in [0, 0.1) is 0 Å². The molecule has 15 heteroatoms. The number of nitrogens with one attached hydrogen (secondary N) is 2. The molecule has 9 nitrogen and oxygen atoms in total. The van der Waals surface area contributed by atoms with Crippen LogP contribution in [0.1, 0.15) is 11.1 Å². The van der Waals surface area contributed by atoms with Gasteiger partial charge in [0, 0.05) is 24.3 Å². The van der Waals surface area contributed by atoms with Crippen molar-refractivity contribution in [3.05, 3.63) is 59.7 Å². The molecule has 0 amide bonds. The first-order chi connectivity index (χ1) is 17.6. The zero-order valence-corrected chi connectivity index (χ0v) is 18.8. The van der Waals surface area contributed by atoms with Crippen LogP contribution in [0.3, 0.4) is 0 Å². The molecule has 0 unspecified atom stereocenters. The van der Waals surface area contributed by atoms with Gasteiger partial charge < -0.3 is 19.7 Å². The van der Waals surface area contributed by atoms with E-state index in [1.165, 1.54) is 30.3 Å². The molecule has 1 aromatic heterocycles. The first-order valence-corrected chi connectivity index (χ1v) is 10.7. The summed E-state index contributed by atoms with van der Waals surface area (Å²) in [6.07, 6.45) is -8.39. The summed E-state index contributed by atoms with van der Waals surface area (Å²) in [5, 5.41) is 6.70. The minimum atomic E-state index is -4.82. The van der Waals surface area contributed by atoms with Crippen LogP contribution in [0.5, 0.6) is 5.75 Å². The Bertz CT molecular complexity index is 1230. The molecular formula is C22H19F6N7O2. The summed E-state index contributed by atoms with van der Waals surface area (Å²) < 4.78 is 86.0. The SMILES string of the molecule is FC(F)(F)Oc1ccc(Nc2nc(N/N=C/c3ccccc3C(F)(F)F)nc(N3CCOCC3)n2)cc1. The number of rotatable bonds is 7. The Labute approximate surface area is 206 Å². The van der Waals surface area contributed by atoms with Crippen molar-refractivity contribution in [2.75, 3.05) is 41.9 Å². The topological polar surface area (TPSA) is 96.8 Å². The van der Waals surface area contributed by atoms with Crippen molar-refractivity contribution in [1.29, 1.82) is 0 Å². The van der Waals surface area contributed by atoms with Crippen molar-refractivity contribution in [2.45, 2.75) is 12.5 Å². The van der Waals surface area contributed by atoms with Gasteiger partial charge in [-0.25, -0.2) is 5.43 Å². The summed E-state index contributed by atoms with van der Waals surface area (Å²) in [4.78, 5) is 14.6. The molecule has 1 saturated heterocycles. The van der Waals surface area contributed by atoms with Gasteiger partial charge >= 0.3 is 12.5 Å². The molecule has 0 aliphatic carbocycles. The summed E-state index contributed by atoms with van der Waals surface area (Å²) in [5.41, 5.74) is 1.84. The highest BCUT2D eigenvalue weighted by Crippen LogP contribution is 2.31. The van der Waals surface area contributed by atoms with Gasteiger partial charge in [-0.1, -0.05) is 18.2 Å². The van der Waals surface area contributed by atoms with Crippen molar-refractivity contribution in [3.8, 4) is 5.75 Å². The van der Waals surface area contributed by atoms with Gasteiger partial charge in [-0.2, -0.15) is 33.2 Å². The maximum absolute atomic E-state index is 13.2. The monoisotopic (exact) mass is 527 g/mol. The third-order valence-electron chi connectivity index (χ3n) is 4.90. The molecule has 0 atom stereocenters. The lowest BCUT2D eigenvalue weighted by atomic mass is 10.1. The quantitative estimate of drug-likeness (QED) is 0.257. The van der Waals surface area contributed by atoms with Gasteiger partial charge in [0.25, 0.3) is 0 Å². The van der Waals surface area contributed by atoms with E-state index in [-0.39, 0.29) is 23.4 Å². The molecule has 0 saturated carbocycles. The highest BCUT2D eigenvalue weighted by atomic mass is 19.4. The van der Waals surface area contributed by atoms with Crippen LogP contribution in [0.4, 0.5) is 49.9 Å². The fourth-order valence-corrected chi connectivity index (χ4v) is 3.27. The van der Waals surface area contributed by atoms with Crippen LogP contribution in [0.25, 0.3) is 0 Å². The summed E-state index contributed by atoms with van der Waals surface area (Å²) in [6.45, 7) is 1.83. The number of anilines is 4. The molecule has 37 heavy (non-hydrogen) atoms. The third-order valence-corrected chi connectivity index (χ3v) is 4.90. The van der Waals surface area contributed by atoms with Crippen LogP contribution in [0.2, 0.25) is 0 Å². The van der Waals surface area contributed by atoms with E-state index < -0.39 is 23.9 Å². The van der Waals surface area contributed by atoms with Crippen molar-refractivity contribution in [1.82, 2.24) is 15.0 Å². The number of hydrogen-bond donors (Lipinski definition) is 2. The second kappa shape index (κ2) is 10.9. The van der Waals surface area contributed by atoms with Crippen LogP contribution >= 0.6 is 0 Å². The van der Waals surface area contributed by atoms with Gasteiger partial charge in [-0.15, -0.1) is 13.2 Å². The number of nitrogens with zero attached hydrogens (tertiary/aromatic N) is 5. The van der Waals surface area contributed by atoms with E-state index in [0.717, 1.165) is 24.4 Å². The molecular weight excluding hydrogens is 508 g/mol. The van der Waals surface area contributed by atoms with E-state index in [0.29, 0.717) is 32.0 Å². The van der Waals surface area contributed by atoms with Crippen molar-refractivity contribution in [3.63, 3.8) is 0 Å². The summed E-state index contributed by atoms with van der Waals surface area (Å²) in [5.74, 6) is -0.212. The number of halogens is 6. The maximum atomic E-state index is 13.2. The highest BCUT2D eigenvalue weighted by molar-refractivity contribution is 5.82. The van der Waals surface area contributed by atoms with Gasteiger partial charge in [0.1, 0.15) is 5.75 Å². The van der Waals surface area contributed by atoms with Gasteiger partial charge in [0.2, 0.25) is 17.8 Å². The van der Waals surface area contributed by atoms with E-state index in [1.807, 2.05) is 4.90 Å². The first-order valence-electron chi connectivity index (χ1n) is 10.7. The minimum Gasteiger partial charge on any atom is -0.406 e. The number of ether oxygens (including phenoxy) is 2. The van der Waals surface area contributed by atoms with Crippen molar-refractivity contribution in [2.24, 2.45) is 5.10 Å². The van der Waals surface area contributed by atoms with Crippen LogP contribution in [0.15, 0.2) is 53.6 Å². The molecule has 0 bridgehead atoms. The summed E-state index contributed by atoms with van der Waals surface area (Å²) in [6, 6.07) is 9.81. The Morgan fingerprint density at radius 1 is 0.892 bits per heavy atom. The third kappa shape index (κ3) is 7.42. The Hall–Kier alpha value is -4.14. The smallest absolute Gasteiger partial charge is 0.406 e. The zero-order valence-electron chi connectivity index (χ0n) is 18.8. The number of alkyl halides is 6. The fraction of sp³-hybridized carbons (Fsp3) is 0.273. The molecule has 1 aliphatic rings. The largest absolute Gasteiger partial charge is 0.573 e. The van der Waals surface area contributed by atoms with Crippen molar-refractivity contribution >= 4 is 29.7 Å². The van der Waals surface area contributed by atoms with E-state index in [1.54, 1.807) is 0 Å². The van der Waals surface area contributed by atoms with Gasteiger partial charge in [-0.05, 0) is 30.3 Å². The van der Waals surface area contributed by atoms with E-state index in [9.17, 15) is 26.3 Å². The number of hydrogen-bond acceptors (Lipinski definition) is 9. The van der Waals surface area contributed by atoms with E-state index >= 15 is 0 Å². The number of benzene rings is 2. The first kappa shape index (κ1) is 25.9. The molecule has 4 rings (SSSR count). The second-order valence-corrected chi connectivity index (χ2v) is 7.53. The average molecular weight is 527 g/mol. The lowest BCUT2D eigenvalue weighted by Crippen LogP contribution is -2.37. The lowest BCUT2D eigenvalue weighted by Gasteiger charge is -2.27. The number of morpholine rings is 1. The Balaban J connectivity index is 1.56. The van der Waals surface area contributed by atoms with Crippen molar-refractivity contribution < 1.29 is 35.8 Å². The molecule has 2 N–H and O–H groups in total. The molecule has 1 aliphatic heterocycles. The molecule has 2 aromatic carbocycles. The van der Waals surface area contributed by atoms with Gasteiger partial charge in [0.05, 0.1) is 25.0 Å². The lowest BCUT2D eigenvalue weighted by molar-refractivity contribution is -0.274. The van der Waals surface area contributed by atoms with E-state index in [4.69, 9.17) is 4.74 Å². The average Bonchev–Trinajstić information content (AvgIpc) is 2.84. The molecule has 3 aromatic rings. The molecule has 0 radical (unpaired) electrons. The molecule has 196 valence electrons. The fourth-order valence-electron chi connectivity index (χ4n) is 3.27. The Morgan fingerprint density at radius 3 is 2.24 bits per heavy atom. The maximum Gasteiger partial charge on any atom is 0.573 e. The van der Waals surface area contributed by atoms with Gasteiger partial charge in [-0.3, -0.25) is 0 Å². The van der Waals surface area contributed by atoms with Crippen LogP contribution in [-0.2, 0) is 10.9 Å². The minimum absolute atomic E-state index is 0.0226. The Kier molecular flexibility index (Phi) is 7.61. The van der Waals surface area contributed by atoms with E-state index in [2.05, 4.69) is 35.5 Å². The van der Waals surface area contributed by atoms with Crippen LogP contribution < -0.4 is 20.4 Å². The summed E-state index contributed by atoms with van der Waals surface area (Å²) >= 11 is 0. The number of aromatic nitrogens is 3. The predicted molar refractivity (Wildman–Crippen MR) is 122 cm³/mol. The number of hydrazone groups is 1. The zero-order chi connectivity index (χ0) is 26.5. The highest BCUT2D eigenvalue weighted by Gasteiger charge is 2.32. The second-order valence-electron chi connectivity index (χ2n) is 7.53. The predicted octanol–water partition coefficient (Wildman–Crippen LogP) is 4.82. The molecule has 0 spiro atoms. The standard InChI is InChI=1S/C22H19F6N7O2/c23-21(24,25)17-4-2-1-3-14(17)13-29-34-19-31-18(32-20(33-19)35-9-11-36-12-10-35)30-15-5-7-16(8-6-15)37-22(26,27)28/h1-8,13H,9-12H2,(H2,30,31,32,33,34)/b29-13+. The molecule has 1 fully saturated rings. The Morgan fingerprint density at radius 2 is 1.57 bits per heavy atom.